The quantitative estimate of drug-likeness (QED) is 0.817. The van der Waals surface area contributed by atoms with Gasteiger partial charge in [-0.05, 0) is 33.4 Å². The van der Waals surface area contributed by atoms with Crippen LogP contribution in [0.15, 0.2) is 11.4 Å². The molecule has 0 aliphatic heterocycles. The number of hydrogen-bond donors (Lipinski definition) is 1. The minimum absolute atomic E-state index is 0.0733. The Morgan fingerprint density at radius 2 is 2.17 bits per heavy atom. The molecule has 1 aromatic rings. The highest BCUT2D eigenvalue weighted by molar-refractivity contribution is 7.10. The third kappa shape index (κ3) is 5.12. The fourth-order valence-corrected chi connectivity index (χ4v) is 2.49. The molecule has 1 rings (SSSR count). The van der Waals surface area contributed by atoms with E-state index in [4.69, 9.17) is 4.74 Å². The fourth-order valence-electron chi connectivity index (χ4n) is 1.56. The van der Waals surface area contributed by atoms with Crippen molar-refractivity contribution in [3.05, 3.63) is 16.3 Å². The van der Waals surface area contributed by atoms with E-state index in [9.17, 15) is 0 Å². The van der Waals surface area contributed by atoms with Crippen molar-refractivity contribution in [2.75, 3.05) is 13.7 Å². The van der Waals surface area contributed by atoms with E-state index in [2.05, 4.69) is 50.9 Å². The second kappa shape index (κ2) is 6.82. The molecule has 1 atom stereocenters. The highest BCUT2D eigenvalue weighted by atomic mass is 32.1. The molecular weight excluding hydrogens is 242 g/mol. The van der Waals surface area contributed by atoms with Crippen LogP contribution in [0.2, 0.25) is 0 Å². The SMILES string of the molecule is CCNC(CC#CC(C)(C)C)c1cc(OC)cs1. The number of methoxy groups -OCH3 is 1. The largest absolute Gasteiger partial charge is 0.496 e. The van der Waals surface area contributed by atoms with Gasteiger partial charge < -0.3 is 10.1 Å². The lowest BCUT2D eigenvalue weighted by molar-refractivity contribution is 0.416. The van der Waals surface area contributed by atoms with E-state index in [1.165, 1.54) is 4.88 Å². The molecule has 0 aliphatic carbocycles. The van der Waals surface area contributed by atoms with Crippen LogP contribution in [0.3, 0.4) is 0 Å². The van der Waals surface area contributed by atoms with Gasteiger partial charge in [-0.3, -0.25) is 0 Å². The summed E-state index contributed by atoms with van der Waals surface area (Å²) in [6.07, 6.45) is 0.842. The molecule has 0 aromatic carbocycles. The maximum absolute atomic E-state index is 5.23. The molecule has 0 saturated carbocycles. The predicted octanol–water partition coefficient (Wildman–Crippen LogP) is 3.85. The molecule has 3 heteroatoms. The molecule has 1 aromatic heterocycles. The summed E-state index contributed by atoms with van der Waals surface area (Å²) in [6.45, 7) is 9.47. The molecule has 18 heavy (non-hydrogen) atoms. The summed E-state index contributed by atoms with van der Waals surface area (Å²) in [6, 6.07) is 2.40. The average Bonchev–Trinajstić information content (AvgIpc) is 2.74. The van der Waals surface area contributed by atoms with Crippen LogP contribution in [0.25, 0.3) is 0 Å². The molecule has 100 valence electrons. The van der Waals surface area contributed by atoms with Crippen LogP contribution >= 0.6 is 11.3 Å². The van der Waals surface area contributed by atoms with Crippen LogP contribution in [0.1, 0.15) is 45.0 Å². The second-order valence-corrected chi connectivity index (χ2v) is 6.20. The van der Waals surface area contributed by atoms with E-state index < -0.39 is 0 Å². The van der Waals surface area contributed by atoms with Crippen LogP contribution < -0.4 is 10.1 Å². The topological polar surface area (TPSA) is 21.3 Å². The predicted molar refractivity (Wildman–Crippen MR) is 79.1 cm³/mol. The molecule has 0 fully saturated rings. The highest BCUT2D eigenvalue weighted by Gasteiger charge is 2.12. The Morgan fingerprint density at radius 1 is 1.44 bits per heavy atom. The van der Waals surface area contributed by atoms with Crippen LogP contribution in [0.4, 0.5) is 0 Å². The lowest BCUT2D eigenvalue weighted by Crippen LogP contribution is -2.19. The van der Waals surface area contributed by atoms with E-state index in [0.29, 0.717) is 6.04 Å². The molecular formula is C15H23NOS. The molecule has 0 saturated heterocycles. The van der Waals surface area contributed by atoms with Crippen LogP contribution in [-0.2, 0) is 0 Å². The summed E-state index contributed by atoms with van der Waals surface area (Å²) < 4.78 is 5.23. The summed E-state index contributed by atoms with van der Waals surface area (Å²) >= 11 is 1.72. The van der Waals surface area contributed by atoms with Crippen molar-refractivity contribution in [1.29, 1.82) is 0 Å². The lowest BCUT2D eigenvalue weighted by Gasteiger charge is -2.13. The zero-order valence-electron chi connectivity index (χ0n) is 12.0. The van der Waals surface area contributed by atoms with Gasteiger partial charge in [-0.2, -0.15) is 0 Å². The summed E-state index contributed by atoms with van der Waals surface area (Å²) in [4.78, 5) is 1.29. The van der Waals surface area contributed by atoms with E-state index in [-0.39, 0.29) is 5.41 Å². The Balaban J connectivity index is 2.72. The molecule has 1 unspecified atom stereocenters. The zero-order chi connectivity index (χ0) is 13.6. The molecule has 2 nitrogen and oxygen atoms in total. The van der Waals surface area contributed by atoms with Crippen molar-refractivity contribution in [2.45, 2.75) is 40.2 Å². The van der Waals surface area contributed by atoms with Gasteiger partial charge >= 0.3 is 0 Å². The molecule has 0 aliphatic rings. The van der Waals surface area contributed by atoms with Gasteiger partial charge in [-0.25, -0.2) is 0 Å². The van der Waals surface area contributed by atoms with Gasteiger partial charge in [-0.1, -0.05) is 12.8 Å². The molecule has 1 heterocycles. The van der Waals surface area contributed by atoms with Crippen LogP contribution in [0.5, 0.6) is 5.75 Å². The zero-order valence-corrected chi connectivity index (χ0v) is 12.8. The fraction of sp³-hybridized carbons (Fsp3) is 0.600. The minimum atomic E-state index is 0.0733. The Kier molecular flexibility index (Phi) is 5.71. The van der Waals surface area contributed by atoms with E-state index in [0.717, 1.165) is 18.7 Å². The summed E-state index contributed by atoms with van der Waals surface area (Å²) in [7, 11) is 1.70. The number of nitrogens with one attached hydrogen (secondary N) is 1. The van der Waals surface area contributed by atoms with Crippen molar-refractivity contribution in [1.82, 2.24) is 5.32 Å². The monoisotopic (exact) mass is 265 g/mol. The molecule has 1 N–H and O–H groups in total. The second-order valence-electron chi connectivity index (χ2n) is 5.26. The smallest absolute Gasteiger partial charge is 0.129 e. The first kappa shape index (κ1) is 15.1. The van der Waals surface area contributed by atoms with Crippen LogP contribution in [0, 0.1) is 17.3 Å². The van der Waals surface area contributed by atoms with E-state index in [1.807, 2.05) is 5.38 Å². The third-order valence-electron chi connectivity index (χ3n) is 2.39. The van der Waals surface area contributed by atoms with Crippen molar-refractivity contribution in [3.8, 4) is 17.6 Å². The van der Waals surface area contributed by atoms with Gasteiger partial charge in [0.25, 0.3) is 0 Å². The van der Waals surface area contributed by atoms with E-state index >= 15 is 0 Å². The number of rotatable bonds is 5. The first-order valence-corrected chi connectivity index (χ1v) is 7.20. The normalized spacial score (nSPS) is 12.7. The number of ether oxygens (including phenoxy) is 1. The molecule has 0 spiro atoms. The maximum atomic E-state index is 5.23. The average molecular weight is 265 g/mol. The van der Waals surface area contributed by atoms with Gasteiger partial charge in [-0.15, -0.1) is 17.3 Å². The number of hydrogen-bond acceptors (Lipinski definition) is 3. The first-order chi connectivity index (χ1) is 8.46. The van der Waals surface area contributed by atoms with Crippen molar-refractivity contribution in [2.24, 2.45) is 5.41 Å². The summed E-state index contributed by atoms with van der Waals surface area (Å²) in [5.41, 5.74) is 0.0733. The Bertz CT molecular complexity index is 420. The Labute approximate surface area is 115 Å². The minimum Gasteiger partial charge on any atom is -0.496 e. The lowest BCUT2D eigenvalue weighted by atomic mass is 9.97. The van der Waals surface area contributed by atoms with Crippen molar-refractivity contribution in [3.63, 3.8) is 0 Å². The third-order valence-corrected chi connectivity index (χ3v) is 3.42. The maximum Gasteiger partial charge on any atom is 0.129 e. The van der Waals surface area contributed by atoms with Crippen molar-refractivity contribution < 1.29 is 4.74 Å². The molecule has 0 radical (unpaired) electrons. The molecule has 0 amide bonds. The molecule has 0 bridgehead atoms. The first-order valence-electron chi connectivity index (χ1n) is 6.32. The van der Waals surface area contributed by atoms with Gasteiger partial charge in [0.15, 0.2) is 0 Å². The van der Waals surface area contributed by atoms with Crippen molar-refractivity contribution >= 4 is 11.3 Å². The van der Waals surface area contributed by atoms with Crippen LogP contribution in [-0.4, -0.2) is 13.7 Å². The van der Waals surface area contributed by atoms with Gasteiger partial charge in [0.2, 0.25) is 0 Å². The van der Waals surface area contributed by atoms with Gasteiger partial charge in [0.05, 0.1) is 13.2 Å². The Hall–Kier alpha value is -0.980. The summed E-state index contributed by atoms with van der Waals surface area (Å²) in [5.74, 6) is 7.51. The van der Waals surface area contributed by atoms with E-state index in [1.54, 1.807) is 18.4 Å². The Morgan fingerprint density at radius 3 is 2.67 bits per heavy atom. The number of thiophene rings is 1. The standard InChI is InChI=1S/C15H23NOS/c1-6-16-13(8-7-9-15(2,3)4)14-10-12(17-5)11-18-14/h10-11,13,16H,6,8H2,1-5H3. The van der Waals surface area contributed by atoms with Gasteiger partial charge in [0.1, 0.15) is 5.75 Å². The highest BCUT2D eigenvalue weighted by Crippen LogP contribution is 2.28. The summed E-state index contributed by atoms with van der Waals surface area (Å²) in [5, 5.41) is 5.51. The van der Waals surface area contributed by atoms with Gasteiger partial charge in [0, 0.05) is 22.1 Å².